The lowest BCUT2D eigenvalue weighted by Crippen LogP contribution is -2.30. The highest BCUT2D eigenvalue weighted by molar-refractivity contribution is 5.71. The molecule has 0 heterocycles. The lowest BCUT2D eigenvalue weighted by atomic mass is 10.1. The number of hydrogen-bond donors (Lipinski definition) is 0. The summed E-state index contributed by atoms with van der Waals surface area (Å²) in [7, 11) is 0. The van der Waals surface area contributed by atoms with Gasteiger partial charge in [0.15, 0.2) is 6.10 Å². The predicted octanol–water partition coefficient (Wildman–Crippen LogP) is 23.2. The van der Waals surface area contributed by atoms with Crippen LogP contribution in [0.4, 0.5) is 0 Å². The maximum absolute atomic E-state index is 12.9. The zero-order valence-electron chi connectivity index (χ0n) is 52.3. The molecule has 80 heavy (non-hydrogen) atoms. The van der Waals surface area contributed by atoms with Crippen LogP contribution in [0.2, 0.25) is 0 Å². The number of carbonyl (C=O) groups excluding carboxylic acids is 3. The molecule has 0 aromatic rings. The molecule has 0 aliphatic carbocycles. The molecule has 0 rings (SSSR count). The maximum Gasteiger partial charge on any atom is 0.306 e. The highest BCUT2D eigenvalue weighted by atomic mass is 16.6. The van der Waals surface area contributed by atoms with E-state index < -0.39 is 6.10 Å². The number of rotatable bonds is 60. The van der Waals surface area contributed by atoms with Gasteiger partial charge in [-0.3, -0.25) is 14.4 Å². The molecule has 456 valence electrons. The van der Waals surface area contributed by atoms with Gasteiger partial charge in [0.1, 0.15) is 13.2 Å². The topological polar surface area (TPSA) is 78.9 Å². The van der Waals surface area contributed by atoms with Gasteiger partial charge in [0, 0.05) is 19.3 Å². The van der Waals surface area contributed by atoms with Crippen LogP contribution in [0.5, 0.6) is 0 Å². The Bertz CT molecular complexity index is 1650. The van der Waals surface area contributed by atoms with E-state index in [0.717, 1.165) is 128 Å². The van der Waals surface area contributed by atoms with Crippen LogP contribution in [-0.2, 0) is 28.6 Å². The Balaban J connectivity index is 4.23. The molecule has 0 aromatic carbocycles. The quantitative estimate of drug-likeness (QED) is 0.0261. The molecule has 0 aromatic heterocycles. The number of hydrogen-bond acceptors (Lipinski definition) is 6. The van der Waals surface area contributed by atoms with Crippen molar-refractivity contribution in [3.8, 4) is 0 Å². The number of unbranched alkanes of at least 4 members (excludes halogenated alkanes) is 29. The van der Waals surface area contributed by atoms with Crippen molar-refractivity contribution < 1.29 is 28.6 Å². The van der Waals surface area contributed by atoms with Crippen molar-refractivity contribution in [2.75, 3.05) is 13.2 Å². The van der Waals surface area contributed by atoms with Crippen LogP contribution >= 0.6 is 0 Å². The van der Waals surface area contributed by atoms with Crippen molar-refractivity contribution in [1.29, 1.82) is 0 Å². The van der Waals surface area contributed by atoms with E-state index in [2.05, 4.69) is 142 Å². The number of allylic oxidation sites excluding steroid dienone is 20. The molecule has 0 aliphatic heterocycles. The molecule has 0 N–H and O–H groups in total. The predicted molar refractivity (Wildman–Crippen MR) is 348 cm³/mol. The van der Waals surface area contributed by atoms with Gasteiger partial charge in [-0.25, -0.2) is 0 Å². The molecule has 0 spiro atoms. The van der Waals surface area contributed by atoms with E-state index in [1.807, 2.05) is 0 Å². The largest absolute Gasteiger partial charge is 0.462 e. The Kier molecular flexibility index (Phi) is 63.8. The van der Waals surface area contributed by atoms with Crippen LogP contribution in [0.3, 0.4) is 0 Å². The molecule has 0 aliphatic rings. The van der Waals surface area contributed by atoms with Gasteiger partial charge < -0.3 is 14.2 Å². The monoisotopic (exact) mass is 1110 g/mol. The minimum absolute atomic E-state index is 0.0859. The molecular formula is C74H124O6. The Morgan fingerprint density at radius 1 is 0.263 bits per heavy atom. The van der Waals surface area contributed by atoms with Gasteiger partial charge in [-0.1, -0.05) is 284 Å². The number of ether oxygens (including phenoxy) is 3. The molecule has 0 fully saturated rings. The fraction of sp³-hybridized carbons (Fsp3) is 0.689. The average Bonchev–Trinajstić information content (AvgIpc) is 3.46. The van der Waals surface area contributed by atoms with Crippen LogP contribution in [0.25, 0.3) is 0 Å². The molecule has 0 amide bonds. The lowest BCUT2D eigenvalue weighted by molar-refractivity contribution is -0.167. The van der Waals surface area contributed by atoms with Crippen molar-refractivity contribution >= 4 is 17.9 Å². The molecule has 0 saturated carbocycles. The maximum atomic E-state index is 12.9. The van der Waals surface area contributed by atoms with Crippen LogP contribution in [-0.4, -0.2) is 37.2 Å². The van der Waals surface area contributed by atoms with E-state index >= 15 is 0 Å². The number of carbonyl (C=O) groups is 3. The van der Waals surface area contributed by atoms with Gasteiger partial charge in [0.25, 0.3) is 0 Å². The van der Waals surface area contributed by atoms with Crippen LogP contribution in [0.1, 0.15) is 310 Å². The summed E-state index contributed by atoms with van der Waals surface area (Å²) in [6.07, 6.45) is 93.6. The minimum Gasteiger partial charge on any atom is -0.462 e. The molecule has 6 nitrogen and oxygen atoms in total. The van der Waals surface area contributed by atoms with E-state index in [1.54, 1.807) is 0 Å². The summed E-state index contributed by atoms with van der Waals surface area (Å²) in [5, 5.41) is 0. The van der Waals surface area contributed by atoms with E-state index in [-0.39, 0.29) is 31.1 Å². The van der Waals surface area contributed by atoms with E-state index in [1.165, 1.54) is 141 Å². The van der Waals surface area contributed by atoms with Crippen molar-refractivity contribution in [3.63, 3.8) is 0 Å². The van der Waals surface area contributed by atoms with E-state index in [9.17, 15) is 14.4 Å². The van der Waals surface area contributed by atoms with E-state index in [4.69, 9.17) is 14.2 Å². The molecule has 0 bridgehead atoms. The van der Waals surface area contributed by atoms with Gasteiger partial charge in [-0.05, 0) is 128 Å². The third-order valence-corrected chi connectivity index (χ3v) is 14.2. The summed E-state index contributed by atoms with van der Waals surface area (Å²) in [5.74, 6) is -0.900. The van der Waals surface area contributed by atoms with Crippen molar-refractivity contribution in [3.05, 3.63) is 122 Å². The zero-order valence-corrected chi connectivity index (χ0v) is 52.3. The SMILES string of the molecule is CC/C=C\C/C=C\C/C=C\C/C=C\C/C=C\C/C=C\C/C=C\C/C=C\CCCCCCCCCCC(=O)OCC(COC(=O)CCCCCCC/C=C\CCC)OC(=O)CCCCCCCCCCC/C=C\CCCCCCCC. The average molecular weight is 1110 g/mol. The van der Waals surface area contributed by atoms with Crippen LogP contribution < -0.4 is 0 Å². The highest BCUT2D eigenvalue weighted by Crippen LogP contribution is 2.16. The van der Waals surface area contributed by atoms with Crippen molar-refractivity contribution in [1.82, 2.24) is 0 Å². The lowest BCUT2D eigenvalue weighted by Gasteiger charge is -2.18. The molecule has 0 radical (unpaired) electrons. The fourth-order valence-corrected chi connectivity index (χ4v) is 9.16. The third kappa shape index (κ3) is 64.6. The second-order valence-electron chi connectivity index (χ2n) is 22.0. The first-order valence-electron chi connectivity index (χ1n) is 33.5. The van der Waals surface area contributed by atoms with Gasteiger partial charge in [0.05, 0.1) is 0 Å². The smallest absolute Gasteiger partial charge is 0.306 e. The van der Waals surface area contributed by atoms with Crippen molar-refractivity contribution in [2.24, 2.45) is 0 Å². The summed E-state index contributed by atoms with van der Waals surface area (Å²) in [6, 6.07) is 0. The van der Waals surface area contributed by atoms with Crippen molar-refractivity contribution in [2.45, 2.75) is 316 Å². The minimum atomic E-state index is -0.788. The molecular weight excluding hydrogens is 985 g/mol. The molecule has 0 saturated heterocycles. The van der Waals surface area contributed by atoms with E-state index in [0.29, 0.717) is 19.3 Å². The Morgan fingerprint density at radius 2 is 0.512 bits per heavy atom. The standard InChI is InChI=1S/C74H124O6/c1-4-7-10-13-16-19-22-24-26-28-30-31-32-33-34-35-36-37-38-39-40-41-42-43-45-46-48-50-52-55-58-61-64-67-73(76)79-70-71(69-78-72(75)66-63-60-57-54-21-18-15-12-9-6-3)80-74(77)68-65-62-59-56-53-51-49-47-44-29-27-25-23-20-17-14-11-8-5-2/h7,10,12,15-16,19,24-27,30-31,33-34,36-37,39-40,42-43,71H,4-6,8-9,11,13-14,17-18,20-23,28-29,32,35,38,41,44-70H2,1-3H3/b10-7-,15-12-,19-16-,26-24-,27-25-,31-30-,34-33-,37-36-,40-39-,43-42-. The second kappa shape index (κ2) is 67.3. The summed E-state index contributed by atoms with van der Waals surface area (Å²) in [6.45, 7) is 6.46. The van der Waals surface area contributed by atoms with Crippen LogP contribution in [0, 0.1) is 0 Å². The summed E-state index contributed by atoms with van der Waals surface area (Å²) >= 11 is 0. The molecule has 6 heteroatoms. The number of esters is 3. The Labute approximate surface area is 494 Å². The fourth-order valence-electron chi connectivity index (χ4n) is 9.16. The molecule has 1 atom stereocenters. The zero-order chi connectivity index (χ0) is 57.8. The summed E-state index contributed by atoms with van der Waals surface area (Å²) < 4.78 is 16.9. The first-order valence-corrected chi connectivity index (χ1v) is 33.5. The second-order valence-corrected chi connectivity index (χ2v) is 22.0. The van der Waals surface area contributed by atoms with Gasteiger partial charge >= 0.3 is 17.9 Å². The van der Waals surface area contributed by atoms with Gasteiger partial charge in [-0.15, -0.1) is 0 Å². The first-order chi connectivity index (χ1) is 39.5. The van der Waals surface area contributed by atoms with Gasteiger partial charge in [0.2, 0.25) is 0 Å². The third-order valence-electron chi connectivity index (χ3n) is 14.2. The van der Waals surface area contributed by atoms with Crippen LogP contribution in [0.15, 0.2) is 122 Å². The molecule has 1 unspecified atom stereocenters. The highest BCUT2D eigenvalue weighted by Gasteiger charge is 2.19. The Hall–Kier alpha value is -4.19. The Morgan fingerprint density at radius 3 is 0.825 bits per heavy atom. The summed E-state index contributed by atoms with van der Waals surface area (Å²) in [5.41, 5.74) is 0. The summed E-state index contributed by atoms with van der Waals surface area (Å²) in [4.78, 5) is 38.3. The first kappa shape index (κ1) is 75.8. The van der Waals surface area contributed by atoms with Gasteiger partial charge in [-0.2, -0.15) is 0 Å². The normalized spacial score (nSPS) is 12.9.